The van der Waals surface area contributed by atoms with Gasteiger partial charge < -0.3 is 0 Å². The Bertz CT molecular complexity index is 1090. The van der Waals surface area contributed by atoms with E-state index >= 15 is 0 Å². The number of hydrogen-bond donors (Lipinski definition) is 0. The molecule has 0 N–H and O–H groups in total. The predicted octanol–water partition coefficient (Wildman–Crippen LogP) is 4.20. The van der Waals surface area contributed by atoms with Crippen LogP contribution in [0.25, 0.3) is 21.7 Å². The van der Waals surface area contributed by atoms with Crippen LogP contribution in [0.2, 0.25) is 0 Å². The minimum absolute atomic E-state index is 0.231. The highest BCUT2D eigenvalue weighted by Crippen LogP contribution is 2.24. The molecule has 0 bridgehead atoms. The highest BCUT2D eigenvalue weighted by molar-refractivity contribution is 7.17. The summed E-state index contributed by atoms with van der Waals surface area (Å²) in [6.07, 6.45) is 14.5. The van der Waals surface area contributed by atoms with Gasteiger partial charge in [0.2, 0.25) is 0 Å². The van der Waals surface area contributed by atoms with Crippen LogP contribution in [0.15, 0.2) is 36.7 Å². The molecule has 2 nitrogen and oxygen atoms in total. The summed E-state index contributed by atoms with van der Waals surface area (Å²) in [5.74, 6) is 0. The molecule has 3 heteroatoms. The Labute approximate surface area is 149 Å². The van der Waals surface area contributed by atoms with Crippen molar-refractivity contribution in [2.45, 2.75) is 45.4 Å². The van der Waals surface area contributed by atoms with Crippen LogP contribution in [0, 0.1) is 0 Å². The normalized spacial score (nSPS) is 15.0. The van der Waals surface area contributed by atoms with Gasteiger partial charge in [0, 0.05) is 33.2 Å². The molecule has 0 aromatic carbocycles. The van der Waals surface area contributed by atoms with Crippen LogP contribution in [0.5, 0.6) is 0 Å². The summed E-state index contributed by atoms with van der Waals surface area (Å²) in [6, 6.07) is 2.05. The van der Waals surface area contributed by atoms with Crippen LogP contribution >= 0.6 is 11.3 Å². The van der Waals surface area contributed by atoms with Gasteiger partial charge in [-0.15, -0.1) is 11.3 Å². The van der Waals surface area contributed by atoms with Crippen molar-refractivity contribution in [3.8, 4) is 0 Å². The van der Waals surface area contributed by atoms with Crippen LogP contribution < -0.4 is 9.75 Å². The van der Waals surface area contributed by atoms with E-state index in [2.05, 4.69) is 23.0 Å². The highest BCUT2D eigenvalue weighted by Gasteiger charge is 2.14. The van der Waals surface area contributed by atoms with E-state index < -0.39 is 0 Å². The topological polar surface area (TPSA) is 25.8 Å². The number of aryl methyl sites for hydroxylation is 1. The molecule has 1 aliphatic rings. The lowest BCUT2D eigenvalue weighted by Gasteiger charge is -2.07. The van der Waals surface area contributed by atoms with E-state index in [-0.39, 0.29) is 12.1 Å². The number of unbranched alkanes of at least 4 members (excludes halogenated alkanes) is 2. The summed E-state index contributed by atoms with van der Waals surface area (Å²) in [7, 11) is 0. The smallest absolute Gasteiger partial charge is 0.0676 e. The molecule has 1 aliphatic carbocycles. The van der Waals surface area contributed by atoms with E-state index in [1.165, 1.54) is 44.7 Å². The van der Waals surface area contributed by atoms with Crippen LogP contribution in [0.4, 0.5) is 0 Å². The summed E-state index contributed by atoms with van der Waals surface area (Å²) in [6.45, 7) is 2.23. The molecule has 0 atom stereocenters. The number of nitrogens with zero attached hydrogens (tertiary/aromatic N) is 2. The molecule has 3 heterocycles. The second kappa shape index (κ2) is 6.86. The van der Waals surface area contributed by atoms with Crippen molar-refractivity contribution >= 4 is 33.1 Å². The Balaban J connectivity index is 1.95. The van der Waals surface area contributed by atoms with Crippen LogP contribution in [-0.2, 0) is 6.42 Å². The SMILES string of the molecule is [2H]c1ccnc(C2=c3sc4c(CCCCC)cncc4c3=CCC2)c1[2H]. The molecule has 0 saturated heterocycles. The predicted molar refractivity (Wildman–Crippen MR) is 103 cm³/mol. The molecule has 4 rings (SSSR count). The fourth-order valence-electron chi connectivity index (χ4n) is 3.40. The number of hydrogen-bond acceptors (Lipinski definition) is 3. The van der Waals surface area contributed by atoms with E-state index in [0.717, 1.165) is 24.8 Å². The van der Waals surface area contributed by atoms with Gasteiger partial charge >= 0.3 is 0 Å². The third kappa shape index (κ3) is 2.78. The van der Waals surface area contributed by atoms with Crippen molar-refractivity contribution in [1.82, 2.24) is 9.97 Å². The lowest BCUT2D eigenvalue weighted by atomic mass is 10.00. The van der Waals surface area contributed by atoms with Crippen molar-refractivity contribution < 1.29 is 2.74 Å². The summed E-state index contributed by atoms with van der Waals surface area (Å²) in [5.41, 5.74) is 3.11. The Morgan fingerprint density at radius 2 is 2.25 bits per heavy atom. The second-order valence-electron chi connectivity index (χ2n) is 6.26. The van der Waals surface area contributed by atoms with Gasteiger partial charge in [-0.3, -0.25) is 9.97 Å². The zero-order valence-electron chi connectivity index (χ0n) is 15.9. The molecule has 3 aromatic rings. The number of fused-ring (bicyclic) bond motifs is 3. The van der Waals surface area contributed by atoms with Crippen molar-refractivity contribution in [2.24, 2.45) is 0 Å². The molecule has 0 spiro atoms. The zero-order valence-corrected chi connectivity index (χ0v) is 14.7. The Morgan fingerprint density at radius 3 is 3.17 bits per heavy atom. The first kappa shape index (κ1) is 13.3. The van der Waals surface area contributed by atoms with Gasteiger partial charge in [-0.2, -0.15) is 0 Å². The van der Waals surface area contributed by atoms with E-state index in [9.17, 15) is 0 Å². The third-order valence-corrected chi connectivity index (χ3v) is 5.97. The minimum Gasteiger partial charge on any atom is -0.264 e. The number of pyridine rings is 2. The number of aromatic nitrogens is 2. The van der Waals surface area contributed by atoms with Gasteiger partial charge in [-0.1, -0.05) is 31.9 Å². The van der Waals surface area contributed by atoms with Gasteiger partial charge in [0.1, 0.15) is 0 Å². The molecular weight excluding hydrogens is 312 g/mol. The van der Waals surface area contributed by atoms with Gasteiger partial charge in [0.25, 0.3) is 0 Å². The Hall–Kier alpha value is -2.00. The average molecular weight is 337 g/mol. The molecule has 0 unspecified atom stereocenters. The maximum Gasteiger partial charge on any atom is 0.0676 e. The summed E-state index contributed by atoms with van der Waals surface area (Å²) in [4.78, 5) is 8.94. The van der Waals surface area contributed by atoms with E-state index in [4.69, 9.17) is 2.74 Å². The molecule has 0 saturated carbocycles. The molecule has 122 valence electrons. The molecule has 0 aliphatic heterocycles. The first-order valence-electron chi connectivity index (χ1n) is 9.72. The van der Waals surface area contributed by atoms with Crippen molar-refractivity contribution in [3.05, 3.63) is 57.8 Å². The van der Waals surface area contributed by atoms with Crippen LogP contribution in [0.3, 0.4) is 0 Å². The van der Waals surface area contributed by atoms with Gasteiger partial charge in [0.15, 0.2) is 0 Å². The second-order valence-corrected chi connectivity index (χ2v) is 7.28. The summed E-state index contributed by atoms with van der Waals surface area (Å²) >= 11 is 1.81. The molecule has 0 amide bonds. The maximum absolute atomic E-state index is 8.27. The summed E-state index contributed by atoms with van der Waals surface area (Å²) < 4.78 is 18.8. The standard InChI is InChI=1S/C21H22N2S/c1-2-3-4-8-15-13-22-14-18-16-9-7-10-17(21(16)24-20(15)18)19-11-5-6-12-23-19/h5-6,9,11-14H,2-4,7-8,10H2,1H3/i5D,11D. The Morgan fingerprint density at radius 1 is 1.29 bits per heavy atom. The number of thiophene rings is 1. The average Bonchev–Trinajstić information content (AvgIpc) is 3.04. The molecule has 3 aromatic heterocycles. The van der Waals surface area contributed by atoms with E-state index in [1.54, 1.807) is 12.3 Å². The lowest BCUT2D eigenvalue weighted by Crippen LogP contribution is -2.25. The first-order valence-corrected chi connectivity index (χ1v) is 9.53. The van der Waals surface area contributed by atoms with Gasteiger partial charge in [0.05, 0.1) is 8.44 Å². The fraction of sp³-hybridized carbons (Fsp3) is 0.333. The maximum atomic E-state index is 8.27. The van der Waals surface area contributed by atoms with Gasteiger partial charge in [-0.25, -0.2) is 0 Å². The van der Waals surface area contributed by atoms with Crippen molar-refractivity contribution in [1.29, 1.82) is 0 Å². The quantitative estimate of drug-likeness (QED) is 0.653. The first-order chi connectivity index (χ1) is 12.7. The van der Waals surface area contributed by atoms with Crippen molar-refractivity contribution in [2.75, 3.05) is 0 Å². The molecule has 24 heavy (non-hydrogen) atoms. The Kier molecular flexibility index (Phi) is 3.80. The monoisotopic (exact) mass is 336 g/mol. The zero-order chi connectivity index (χ0) is 18.1. The summed E-state index contributed by atoms with van der Waals surface area (Å²) in [5, 5.41) is 2.47. The van der Waals surface area contributed by atoms with Crippen LogP contribution in [-0.4, -0.2) is 9.97 Å². The lowest BCUT2D eigenvalue weighted by molar-refractivity contribution is 0.719. The van der Waals surface area contributed by atoms with E-state index in [0.29, 0.717) is 5.69 Å². The van der Waals surface area contributed by atoms with Crippen molar-refractivity contribution in [3.63, 3.8) is 0 Å². The fourth-order valence-corrected chi connectivity index (χ4v) is 4.79. The highest BCUT2D eigenvalue weighted by atomic mass is 32.1. The van der Waals surface area contributed by atoms with Crippen LogP contribution in [0.1, 0.15) is 53.0 Å². The molecular formula is C21H22N2S. The minimum atomic E-state index is 0.231. The van der Waals surface area contributed by atoms with E-state index in [1.807, 2.05) is 23.7 Å². The number of rotatable bonds is 5. The third-order valence-electron chi connectivity index (χ3n) is 4.61. The largest absolute Gasteiger partial charge is 0.264 e. The van der Waals surface area contributed by atoms with Gasteiger partial charge in [-0.05, 0) is 54.1 Å². The molecule has 0 fully saturated rings. The molecule has 0 radical (unpaired) electrons.